The molecule has 4 aromatic rings. The van der Waals surface area contributed by atoms with Crippen molar-refractivity contribution in [3.63, 3.8) is 0 Å². The number of aromatic nitrogens is 4. The summed E-state index contributed by atoms with van der Waals surface area (Å²) in [5.41, 5.74) is 2.72. The summed E-state index contributed by atoms with van der Waals surface area (Å²) in [6, 6.07) is 13.3. The Bertz CT molecular complexity index is 1330. The SMILES string of the molecule is CCSc1nc(-c2ccc(OCC3COC(Cn4ccnc4)(c4ccc(Cl)cc4Cl)O3)cc2)cn1CC. The highest BCUT2D eigenvalue weighted by atomic mass is 35.5. The number of aryl methyl sites for hydroxylation is 1. The molecular formula is C27H28Cl2N4O3S. The summed E-state index contributed by atoms with van der Waals surface area (Å²) < 4.78 is 22.9. The van der Waals surface area contributed by atoms with E-state index < -0.39 is 5.79 Å². The number of hydrogen-bond acceptors (Lipinski definition) is 6. The number of imidazole rings is 2. The monoisotopic (exact) mass is 558 g/mol. The predicted octanol–water partition coefficient (Wildman–Crippen LogP) is 6.53. The van der Waals surface area contributed by atoms with Crippen molar-refractivity contribution in [1.82, 2.24) is 19.1 Å². The number of benzene rings is 2. The molecule has 3 heterocycles. The van der Waals surface area contributed by atoms with Crippen LogP contribution >= 0.6 is 35.0 Å². The van der Waals surface area contributed by atoms with E-state index in [-0.39, 0.29) is 6.10 Å². The van der Waals surface area contributed by atoms with Crippen LogP contribution in [0.2, 0.25) is 10.0 Å². The minimum Gasteiger partial charge on any atom is -0.491 e. The number of halogens is 2. The average Bonchev–Trinajstić information content (AvgIpc) is 3.64. The van der Waals surface area contributed by atoms with E-state index in [1.165, 1.54) is 0 Å². The summed E-state index contributed by atoms with van der Waals surface area (Å²) in [5, 5.41) is 2.07. The van der Waals surface area contributed by atoms with Crippen LogP contribution in [-0.2, 0) is 28.4 Å². The number of rotatable bonds is 10. The van der Waals surface area contributed by atoms with Crippen molar-refractivity contribution in [2.24, 2.45) is 0 Å². The lowest BCUT2D eigenvalue weighted by Crippen LogP contribution is -2.34. The zero-order valence-corrected chi connectivity index (χ0v) is 23.0. The molecule has 194 valence electrons. The lowest BCUT2D eigenvalue weighted by Gasteiger charge is -2.30. The third kappa shape index (κ3) is 5.84. The molecular weight excluding hydrogens is 531 g/mol. The van der Waals surface area contributed by atoms with Crippen molar-refractivity contribution in [3.8, 4) is 17.0 Å². The molecule has 0 bridgehead atoms. The minimum absolute atomic E-state index is 0.288. The van der Waals surface area contributed by atoms with Crippen LogP contribution in [0.15, 0.2) is 72.5 Å². The molecule has 2 aromatic heterocycles. The summed E-state index contributed by atoms with van der Waals surface area (Å²) in [4.78, 5) is 8.93. The van der Waals surface area contributed by atoms with E-state index in [0.717, 1.165) is 34.5 Å². The molecule has 2 atom stereocenters. The summed E-state index contributed by atoms with van der Waals surface area (Å²) in [7, 11) is 0. The molecule has 7 nitrogen and oxygen atoms in total. The quantitative estimate of drug-likeness (QED) is 0.206. The molecule has 2 aromatic carbocycles. The number of ether oxygens (including phenoxy) is 3. The second-order valence-corrected chi connectivity index (χ2v) is 10.7. The van der Waals surface area contributed by atoms with E-state index in [9.17, 15) is 0 Å². The van der Waals surface area contributed by atoms with Gasteiger partial charge in [-0.25, -0.2) is 9.97 Å². The van der Waals surface area contributed by atoms with Crippen LogP contribution in [0.1, 0.15) is 19.4 Å². The van der Waals surface area contributed by atoms with E-state index in [1.54, 1.807) is 36.4 Å². The first kappa shape index (κ1) is 26.1. The van der Waals surface area contributed by atoms with E-state index in [0.29, 0.717) is 35.4 Å². The van der Waals surface area contributed by atoms with Crippen molar-refractivity contribution >= 4 is 35.0 Å². The number of thioether (sulfide) groups is 1. The average molecular weight is 560 g/mol. The molecule has 0 saturated carbocycles. The normalized spacial score (nSPS) is 19.4. The molecule has 1 fully saturated rings. The van der Waals surface area contributed by atoms with Gasteiger partial charge in [-0.3, -0.25) is 0 Å². The number of nitrogens with zero attached hydrogens (tertiary/aromatic N) is 4. The van der Waals surface area contributed by atoms with Crippen LogP contribution in [-0.4, -0.2) is 44.2 Å². The first-order valence-electron chi connectivity index (χ1n) is 12.2. The Balaban J connectivity index is 1.27. The van der Waals surface area contributed by atoms with Crippen LogP contribution in [0.25, 0.3) is 11.3 Å². The maximum atomic E-state index is 6.55. The molecule has 1 aliphatic rings. The Hall–Kier alpha value is -2.49. The summed E-state index contributed by atoms with van der Waals surface area (Å²) in [5.74, 6) is 0.665. The smallest absolute Gasteiger partial charge is 0.215 e. The fourth-order valence-corrected chi connectivity index (χ4v) is 5.62. The highest BCUT2D eigenvalue weighted by Gasteiger charge is 2.45. The van der Waals surface area contributed by atoms with Gasteiger partial charge in [0.1, 0.15) is 18.5 Å². The van der Waals surface area contributed by atoms with Crippen LogP contribution in [0.3, 0.4) is 0 Å². The molecule has 5 rings (SSSR count). The minimum atomic E-state index is -1.08. The molecule has 0 aliphatic carbocycles. The largest absolute Gasteiger partial charge is 0.491 e. The molecule has 10 heteroatoms. The third-order valence-electron chi connectivity index (χ3n) is 6.09. The lowest BCUT2D eigenvalue weighted by atomic mass is 10.1. The number of hydrogen-bond donors (Lipinski definition) is 0. The Morgan fingerprint density at radius 3 is 2.70 bits per heavy atom. The van der Waals surface area contributed by atoms with Crippen molar-refractivity contribution in [2.75, 3.05) is 19.0 Å². The second-order valence-electron chi connectivity index (χ2n) is 8.63. The Morgan fingerprint density at radius 2 is 2.00 bits per heavy atom. The highest BCUT2D eigenvalue weighted by Crippen LogP contribution is 2.40. The highest BCUT2D eigenvalue weighted by molar-refractivity contribution is 7.99. The fraction of sp³-hybridized carbons (Fsp3) is 0.333. The van der Waals surface area contributed by atoms with Gasteiger partial charge in [-0.1, -0.05) is 48.0 Å². The summed E-state index contributed by atoms with van der Waals surface area (Å²) >= 11 is 14.4. The summed E-state index contributed by atoms with van der Waals surface area (Å²) in [6.45, 7) is 6.24. The van der Waals surface area contributed by atoms with E-state index in [4.69, 9.17) is 42.4 Å². The molecule has 0 N–H and O–H groups in total. The molecule has 0 amide bonds. The zero-order valence-electron chi connectivity index (χ0n) is 20.6. The van der Waals surface area contributed by atoms with Crippen LogP contribution < -0.4 is 4.74 Å². The van der Waals surface area contributed by atoms with Gasteiger partial charge in [0.2, 0.25) is 5.79 Å². The van der Waals surface area contributed by atoms with Gasteiger partial charge >= 0.3 is 0 Å². The third-order valence-corrected chi connectivity index (χ3v) is 7.51. The van der Waals surface area contributed by atoms with Crippen LogP contribution in [0.4, 0.5) is 0 Å². The van der Waals surface area contributed by atoms with E-state index >= 15 is 0 Å². The summed E-state index contributed by atoms with van der Waals surface area (Å²) in [6.07, 6.45) is 7.10. The van der Waals surface area contributed by atoms with Gasteiger partial charge in [0.15, 0.2) is 5.16 Å². The maximum Gasteiger partial charge on any atom is 0.215 e. The molecule has 1 saturated heterocycles. The van der Waals surface area contributed by atoms with Gasteiger partial charge in [0, 0.05) is 41.3 Å². The van der Waals surface area contributed by atoms with Gasteiger partial charge in [-0.05, 0) is 49.1 Å². The van der Waals surface area contributed by atoms with Crippen molar-refractivity contribution < 1.29 is 14.2 Å². The topological polar surface area (TPSA) is 63.3 Å². The maximum absolute atomic E-state index is 6.55. The second kappa shape index (κ2) is 11.5. The van der Waals surface area contributed by atoms with Crippen molar-refractivity contribution in [1.29, 1.82) is 0 Å². The fourth-order valence-electron chi connectivity index (χ4n) is 4.30. The first-order chi connectivity index (χ1) is 18.0. The van der Waals surface area contributed by atoms with Gasteiger partial charge in [-0.2, -0.15) is 0 Å². The van der Waals surface area contributed by atoms with Crippen molar-refractivity contribution in [3.05, 3.63) is 83.0 Å². The molecule has 37 heavy (non-hydrogen) atoms. The Kier molecular flexibility index (Phi) is 8.12. The van der Waals surface area contributed by atoms with Crippen LogP contribution in [0, 0.1) is 0 Å². The molecule has 0 radical (unpaired) electrons. The van der Waals surface area contributed by atoms with Gasteiger partial charge in [-0.15, -0.1) is 0 Å². The molecule has 2 unspecified atom stereocenters. The van der Waals surface area contributed by atoms with Gasteiger partial charge in [0.25, 0.3) is 0 Å². The van der Waals surface area contributed by atoms with Crippen molar-refractivity contribution in [2.45, 2.75) is 44.0 Å². The Morgan fingerprint density at radius 1 is 1.16 bits per heavy atom. The van der Waals surface area contributed by atoms with Gasteiger partial charge in [0.05, 0.1) is 30.2 Å². The van der Waals surface area contributed by atoms with Crippen LogP contribution in [0.5, 0.6) is 5.75 Å². The Labute approximate surface area is 230 Å². The van der Waals surface area contributed by atoms with Gasteiger partial charge < -0.3 is 23.3 Å². The standard InChI is InChI=1S/C27H28Cl2N4O3S/c1-3-33-14-25(31-26(33)37-4-2)19-5-8-21(9-6-19)34-15-22-16-35-27(36-22,17-32-12-11-30-18-32)23-10-7-20(28)13-24(23)29/h5-14,18,22H,3-4,15-17H2,1-2H3. The molecule has 0 spiro atoms. The molecule has 1 aliphatic heterocycles. The lowest BCUT2D eigenvalue weighted by molar-refractivity contribution is -0.189. The zero-order chi connectivity index (χ0) is 25.8. The first-order valence-corrected chi connectivity index (χ1v) is 13.9. The van der Waals surface area contributed by atoms with E-state index in [1.807, 2.05) is 41.1 Å². The van der Waals surface area contributed by atoms with E-state index in [2.05, 4.69) is 29.6 Å². The predicted molar refractivity (Wildman–Crippen MR) is 146 cm³/mol.